The van der Waals surface area contributed by atoms with Crippen LogP contribution < -0.4 is 5.32 Å². The summed E-state index contributed by atoms with van der Waals surface area (Å²) in [4.78, 5) is 16.4. The zero-order chi connectivity index (χ0) is 13.1. The first-order chi connectivity index (χ1) is 8.63. The number of rotatable bonds is 5. The van der Waals surface area contributed by atoms with Crippen LogP contribution in [0.3, 0.4) is 0 Å². The molecule has 0 unspecified atom stereocenters. The van der Waals surface area contributed by atoms with Crippen LogP contribution in [0.1, 0.15) is 28.2 Å². The van der Waals surface area contributed by atoms with E-state index in [0.717, 1.165) is 30.3 Å². The third-order valence-electron chi connectivity index (χ3n) is 3.13. The first-order valence-corrected chi connectivity index (χ1v) is 6.77. The molecule has 0 atom stereocenters. The van der Waals surface area contributed by atoms with E-state index in [1.54, 1.807) is 7.11 Å². The molecule has 0 aromatic carbocycles. The minimum Gasteiger partial charge on any atom is -0.465 e. The van der Waals surface area contributed by atoms with E-state index in [0.29, 0.717) is 16.8 Å². The molecule has 0 radical (unpaired) electrons. The molecule has 2 rings (SSSR count). The fourth-order valence-electron chi connectivity index (χ4n) is 2.14. The molecule has 1 aliphatic rings. The number of nitrogens with zero attached hydrogens (tertiary/aromatic N) is 1. The smallest absolute Gasteiger partial charge is 0.350 e. The molecule has 0 amide bonds. The van der Waals surface area contributed by atoms with Crippen molar-refractivity contribution in [1.29, 1.82) is 0 Å². The number of esters is 1. The van der Waals surface area contributed by atoms with Gasteiger partial charge in [-0.25, -0.2) is 9.78 Å². The highest BCUT2D eigenvalue weighted by Crippen LogP contribution is 2.32. The number of thiazole rings is 1. The van der Waals surface area contributed by atoms with Crippen LogP contribution in [0.4, 0.5) is 5.13 Å². The highest BCUT2D eigenvalue weighted by atomic mass is 32.1. The van der Waals surface area contributed by atoms with Gasteiger partial charge in [-0.3, -0.25) is 0 Å². The molecule has 1 aromatic heterocycles. The lowest BCUT2D eigenvalue weighted by atomic mass is 9.81. The maximum Gasteiger partial charge on any atom is 0.350 e. The Labute approximate surface area is 111 Å². The van der Waals surface area contributed by atoms with Crippen LogP contribution in [0.25, 0.3) is 0 Å². The summed E-state index contributed by atoms with van der Waals surface area (Å²) in [5, 5.41) is 4.15. The number of carbonyl (C=O) groups excluding carboxylic acids is 1. The molecule has 100 valence electrons. The second-order valence-corrected chi connectivity index (χ2v) is 5.56. The molecule has 5 nitrogen and oxygen atoms in total. The number of anilines is 1. The summed E-state index contributed by atoms with van der Waals surface area (Å²) in [7, 11) is 3.11. The molecule has 1 N–H and O–H groups in total. The van der Waals surface area contributed by atoms with Gasteiger partial charge in [0.05, 0.1) is 12.8 Å². The van der Waals surface area contributed by atoms with Gasteiger partial charge < -0.3 is 14.8 Å². The second kappa shape index (κ2) is 5.67. The van der Waals surface area contributed by atoms with Gasteiger partial charge in [-0.2, -0.15) is 0 Å². The van der Waals surface area contributed by atoms with Crippen LogP contribution in [-0.2, 0) is 9.47 Å². The second-order valence-electron chi connectivity index (χ2n) is 4.56. The Kier molecular flexibility index (Phi) is 4.19. The Balaban J connectivity index is 1.90. The number of ether oxygens (including phenoxy) is 2. The molecule has 1 heterocycles. The Hall–Kier alpha value is -1.14. The Bertz CT molecular complexity index is 427. The molecule has 0 aliphatic heterocycles. The average molecular weight is 270 g/mol. The molecule has 1 fully saturated rings. The highest BCUT2D eigenvalue weighted by molar-refractivity contribution is 7.17. The summed E-state index contributed by atoms with van der Waals surface area (Å²) < 4.78 is 9.82. The van der Waals surface area contributed by atoms with Crippen molar-refractivity contribution in [2.45, 2.75) is 25.8 Å². The van der Waals surface area contributed by atoms with Crippen molar-refractivity contribution in [2.75, 3.05) is 26.1 Å². The number of hydrogen-bond donors (Lipinski definition) is 1. The lowest BCUT2D eigenvalue weighted by Crippen LogP contribution is -2.37. The molecule has 18 heavy (non-hydrogen) atoms. The molecule has 0 bridgehead atoms. The van der Waals surface area contributed by atoms with Crippen molar-refractivity contribution < 1.29 is 14.3 Å². The summed E-state index contributed by atoms with van der Waals surface area (Å²) >= 11 is 1.36. The zero-order valence-electron chi connectivity index (χ0n) is 10.9. The van der Waals surface area contributed by atoms with Gasteiger partial charge in [-0.1, -0.05) is 11.3 Å². The van der Waals surface area contributed by atoms with Crippen LogP contribution >= 0.6 is 11.3 Å². The van der Waals surface area contributed by atoms with Crippen molar-refractivity contribution in [2.24, 2.45) is 5.92 Å². The topological polar surface area (TPSA) is 60.5 Å². The lowest BCUT2D eigenvalue weighted by Gasteiger charge is -2.35. The average Bonchev–Trinajstić information content (AvgIpc) is 2.67. The van der Waals surface area contributed by atoms with Crippen molar-refractivity contribution in [3.63, 3.8) is 0 Å². The minimum atomic E-state index is -0.316. The van der Waals surface area contributed by atoms with E-state index in [4.69, 9.17) is 9.47 Å². The fourth-order valence-corrected chi connectivity index (χ4v) is 3.10. The summed E-state index contributed by atoms with van der Waals surface area (Å²) in [6.07, 6.45) is 2.19. The third kappa shape index (κ3) is 2.81. The van der Waals surface area contributed by atoms with Crippen LogP contribution in [0.5, 0.6) is 0 Å². The third-order valence-corrected chi connectivity index (χ3v) is 4.20. The molecule has 1 aliphatic carbocycles. The number of aryl methyl sites for hydroxylation is 1. The van der Waals surface area contributed by atoms with E-state index in [1.165, 1.54) is 18.4 Å². The van der Waals surface area contributed by atoms with Crippen LogP contribution in [0.15, 0.2) is 0 Å². The van der Waals surface area contributed by atoms with Gasteiger partial charge in [0.25, 0.3) is 0 Å². The van der Waals surface area contributed by atoms with Gasteiger partial charge >= 0.3 is 5.97 Å². The van der Waals surface area contributed by atoms with Gasteiger partial charge in [0.2, 0.25) is 0 Å². The van der Waals surface area contributed by atoms with E-state index in [9.17, 15) is 4.79 Å². The van der Waals surface area contributed by atoms with Crippen LogP contribution in [0.2, 0.25) is 0 Å². The maximum absolute atomic E-state index is 11.5. The standard InChI is InChI=1S/C12H18N2O3S/c1-7-10(11(15)17-3)18-12(13-7)14-9-4-8(5-9)6-16-2/h8-9H,4-6H2,1-3H3,(H,13,14). The number of carbonyl (C=O) groups is 1. The minimum absolute atomic E-state index is 0.316. The zero-order valence-corrected chi connectivity index (χ0v) is 11.7. The molecule has 6 heteroatoms. The number of hydrogen-bond acceptors (Lipinski definition) is 6. The fraction of sp³-hybridized carbons (Fsp3) is 0.667. The first-order valence-electron chi connectivity index (χ1n) is 5.95. The van der Waals surface area contributed by atoms with Crippen molar-refractivity contribution >= 4 is 22.4 Å². The van der Waals surface area contributed by atoms with E-state index < -0.39 is 0 Å². The van der Waals surface area contributed by atoms with E-state index >= 15 is 0 Å². The number of methoxy groups -OCH3 is 2. The largest absolute Gasteiger partial charge is 0.465 e. The van der Waals surface area contributed by atoms with Crippen LogP contribution in [-0.4, -0.2) is 37.8 Å². The maximum atomic E-state index is 11.5. The van der Waals surface area contributed by atoms with Gasteiger partial charge in [-0.15, -0.1) is 0 Å². The van der Waals surface area contributed by atoms with E-state index in [2.05, 4.69) is 10.3 Å². The van der Waals surface area contributed by atoms with Gasteiger partial charge in [-0.05, 0) is 25.7 Å². The van der Waals surface area contributed by atoms with E-state index in [1.807, 2.05) is 6.92 Å². The summed E-state index contributed by atoms with van der Waals surface area (Å²) in [6, 6.07) is 0.446. The lowest BCUT2D eigenvalue weighted by molar-refractivity contribution is 0.0605. The Morgan fingerprint density at radius 1 is 1.50 bits per heavy atom. The predicted octanol–water partition coefficient (Wildman–Crippen LogP) is 2.08. The summed E-state index contributed by atoms with van der Waals surface area (Å²) in [5.74, 6) is 0.331. The normalized spacial score (nSPS) is 22.4. The van der Waals surface area contributed by atoms with Crippen LogP contribution in [0, 0.1) is 12.8 Å². The first kappa shape index (κ1) is 13.3. The molecule has 0 spiro atoms. The summed E-state index contributed by atoms with van der Waals surface area (Å²) in [6.45, 7) is 2.64. The number of nitrogens with one attached hydrogen (secondary N) is 1. The van der Waals surface area contributed by atoms with Crippen molar-refractivity contribution in [3.05, 3.63) is 10.6 Å². The molecular formula is C12H18N2O3S. The SMILES string of the molecule is COCC1CC(Nc2nc(C)c(C(=O)OC)s2)C1. The molecule has 1 saturated carbocycles. The van der Waals surface area contributed by atoms with Gasteiger partial charge in [0.1, 0.15) is 4.88 Å². The highest BCUT2D eigenvalue weighted by Gasteiger charge is 2.29. The molecular weight excluding hydrogens is 252 g/mol. The van der Waals surface area contributed by atoms with Crippen molar-refractivity contribution in [3.8, 4) is 0 Å². The Morgan fingerprint density at radius 3 is 2.83 bits per heavy atom. The van der Waals surface area contributed by atoms with Gasteiger partial charge in [0, 0.05) is 19.8 Å². The van der Waals surface area contributed by atoms with Crippen molar-refractivity contribution in [1.82, 2.24) is 4.98 Å². The summed E-state index contributed by atoms with van der Waals surface area (Å²) in [5.41, 5.74) is 0.724. The monoisotopic (exact) mass is 270 g/mol. The van der Waals surface area contributed by atoms with Gasteiger partial charge in [0.15, 0.2) is 5.13 Å². The van der Waals surface area contributed by atoms with E-state index in [-0.39, 0.29) is 5.97 Å². The molecule has 0 saturated heterocycles. The molecule has 1 aromatic rings. The quantitative estimate of drug-likeness (QED) is 0.830. The number of aromatic nitrogens is 1. The predicted molar refractivity (Wildman–Crippen MR) is 70.2 cm³/mol. The Morgan fingerprint density at radius 2 is 2.22 bits per heavy atom.